The van der Waals surface area contributed by atoms with Crippen LogP contribution in [0.3, 0.4) is 0 Å². The average molecular weight is 598 g/mol. The number of nitrogens with one attached hydrogen (secondary N) is 1. The van der Waals surface area contributed by atoms with Crippen molar-refractivity contribution in [3.8, 4) is 5.75 Å². The van der Waals surface area contributed by atoms with Crippen LogP contribution in [-0.4, -0.2) is 54.3 Å². The summed E-state index contributed by atoms with van der Waals surface area (Å²) in [5, 5.41) is 2.74. The number of carbonyl (C=O) groups excluding carboxylic acids is 2. The number of hydrogen-bond acceptors (Lipinski definition) is 5. The Bertz CT molecular complexity index is 1360. The molecule has 1 saturated heterocycles. The van der Waals surface area contributed by atoms with Gasteiger partial charge in [0.25, 0.3) is 0 Å². The third-order valence-corrected chi connectivity index (χ3v) is 7.51. The number of nitrogens with zero attached hydrogens (tertiary/aromatic N) is 2. The topological polar surface area (TPSA) is 71.1 Å². The number of alkyl halides is 3. The highest BCUT2D eigenvalue weighted by molar-refractivity contribution is 5.84. The van der Waals surface area contributed by atoms with E-state index in [-0.39, 0.29) is 36.4 Å². The standard InChI is InChI=1S/C33H38F3N3O4/c1-32(2,3)26-14-12-25(13-15-26)29-38(4)28(18-20-37-31(41)42-22-24-8-6-5-7-9-24)30(40)39(29)21-19-23-10-16-27(17-11-23)43-33(34,35)36/h5-17,28-29H,18-22H2,1-4H3,(H,37,41)/t28-,29?/m0/s1. The molecule has 1 unspecified atom stereocenters. The van der Waals surface area contributed by atoms with Crippen molar-refractivity contribution < 1.29 is 32.2 Å². The van der Waals surface area contributed by atoms with Gasteiger partial charge in [0.15, 0.2) is 0 Å². The van der Waals surface area contributed by atoms with Gasteiger partial charge in [0, 0.05) is 13.1 Å². The molecular weight excluding hydrogens is 559 g/mol. The van der Waals surface area contributed by atoms with Crippen LogP contribution in [0, 0.1) is 0 Å². The van der Waals surface area contributed by atoms with Crippen LogP contribution in [0.4, 0.5) is 18.0 Å². The lowest BCUT2D eigenvalue weighted by Gasteiger charge is -2.30. The molecule has 0 spiro atoms. The minimum absolute atomic E-state index is 0.0269. The Balaban J connectivity index is 1.44. The lowest BCUT2D eigenvalue weighted by Crippen LogP contribution is -2.36. The molecule has 230 valence electrons. The van der Waals surface area contributed by atoms with Gasteiger partial charge in [-0.3, -0.25) is 9.69 Å². The Labute approximate surface area is 250 Å². The summed E-state index contributed by atoms with van der Waals surface area (Å²) in [6.45, 7) is 7.17. The summed E-state index contributed by atoms with van der Waals surface area (Å²) >= 11 is 0. The van der Waals surface area contributed by atoms with E-state index in [2.05, 4.69) is 43.0 Å². The fourth-order valence-electron chi connectivity index (χ4n) is 5.20. The molecule has 7 nitrogen and oxygen atoms in total. The summed E-state index contributed by atoms with van der Waals surface area (Å²) in [4.78, 5) is 29.8. The molecule has 0 radical (unpaired) electrons. The molecule has 1 aliphatic rings. The number of carbonyl (C=O) groups is 2. The second-order valence-corrected chi connectivity index (χ2v) is 11.7. The Morgan fingerprint density at radius 3 is 2.16 bits per heavy atom. The van der Waals surface area contributed by atoms with Crippen LogP contribution < -0.4 is 10.1 Å². The first-order valence-electron chi connectivity index (χ1n) is 14.2. The highest BCUT2D eigenvalue weighted by atomic mass is 19.4. The highest BCUT2D eigenvalue weighted by Gasteiger charge is 2.44. The predicted octanol–water partition coefficient (Wildman–Crippen LogP) is 6.58. The van der Waals surface area contributed by atoms with Crippen molar-refractivity contribution >= 4 is 12.0 Å². The van der Waals surface area contributed by atoms with Gasteiger partial charge in [-0.05, 0) is 59.7 Å². The van der Waals surface area contributed by atoms with Crippen molar-refractivity contribution in [2.24, 2.45) is 0 Å². The first-order chi connectivity index (χ1) is 20.3. The van der Waals surface area contributed by atoms with E-state index < -0.39 is 18.5 Å². The minimum Gasteiger partial charge on any atom is -0.445 e. The molecule has 3 aromatic rings. The van der Waals surface area contributed by atoms with Gasteiger partial charge < -0.3 is 19.7 Å². The molecule has 1 fully saturated rings. The lowest BCUT2D eigenvalue weighted by atomic mass is 9.86. The van der Waals surface area contributed by atoms with Crippen LogP contribution >= 0.6 is 0 Å². The van der Waals surface area contributed by atoms with E-state index in [1.165, 1.54) is 17.7 Å². The van der Waals surface area contributed by atoms with Gasteiger partial charge in [0.1, 0.15) is 18.5 Å². The molecule has 0 saturated carbocycles. The van der Waals surface area contributed by atoms with E-state index in [1.807, 2.05) is 54.4 Å². The van der Waals surface area contributed by atoms with E-state index in [4.69, 9.17) is 4.74 Å². The normalized spacial score (nSPS) is 17.7. The monoisotopic (exact) mass is 597 g/mol. The number of likely N-dealkylation sites (N-methyl/N-ethyl adjacent to an activating group) is 1. The first-order valence-corrected chi connectivity index (χ1v) is 14.2. The van der Waals surface area contributed by atoms with Gasteiger partial charge >= 0.3 is 12.5 Å². The second kappa shape index (κ2) is 13.5. The summed E-state index contributed by atoms with van der Waals surface area (Å²) in [6.07, 6.45) is -4.83. The smallest absolute Gasteiger partial charge is 0.445 e. The number of amides is 2. The predicted molar refractivity (Wildman–Crippen MR) is 157 cm³/mol. The molecule has 0 bridgehead atoms. The third-order valence-electron chi connectivity index (χ3n) is 7.51. The van der Waals surface area contributed by atoms with Crippen LogP contribution in [0.15, 0.2) is 78.9 Å². The van der Waals surface area contributed by atoms with Gasteiger partial charge in [0.2, 0.25) is 5.91 Å². The molecule has 2 amide bonds. The maximum absolute atomic E-state index is 13.7. The van der Waals surface area contributed by atoms with Crippen molar-refractivity contribution in [2.45, 2.75) is 64.2 Å². The van der Waals surface area contributed by atoms with Crippen molar-refractivity contribution in [2.75, 3.05) is 20.1 Å². The Morgan fingerprint density at radius 2 is 1.56 bits per heavy atom. The quantitative estimate of drug-likeness (QED) is 0.286. The van der Waals surface area contributed by atoms with Crippen molar-refractivity contribution in [1.29, 1.82) is 0 Å². The van der Waals surface area contributed by atoms with E-state index >= 15 is 0 Å². The molecular formula is C33H38F3N3O4. The largest absolute Gasteiger partial charge is 0.573 e. The number of ether oxygens (including phenoxy) is 2. The number of rotatable bonds is 10. The number of benzene rings is 3. The zero-order valence-corrected chi connectivity index (χ0v) is 24.9. The van der Waals surface area contributed by atoms with Crippen LogP contribution in [-0.2, 0) is 28.0 Å². The molecule has 4 rings (SSSR count). The Kier molecular flexibility index (Phi) is 10.0. The zero-order chi connectivity index (χ0) is 31.2. The summed E-state index contributed by atoms with van der Waals surface area (Å²) in [5.74, 6) is -0.371. The molecule has 10 heteroatoms. The number of hydrogen-bond donors (Lipinski definition) is 1. The maximum atomic E-state index is 13.7. The lowest BCUT2D eigenvalue weighted by molar-refractivity contribution is -0.274. The van der Waals surface area contributed by atoms with Crippen molar-refractivity contribution in [3.05, 3.63) is 101 Å². The maximum Gasteiger partial charge on any atom is 0.573 e. The molecule has 2 atom stereocenters. The first kappa shape index (κ1) is 31.9. The fourth-order valence-corrected chi connectivity index (χ4v) is 5.20. The van der Waals surface area contributed by atoms with Gasteiger partial charge in [-0.1, -0.05) is 87.5 Å². The highest BCUT2D eigenvalue weighted by Crippen LogP contribution is 2.35. The summed E-state index contributed by atoms with van der Waals surface area (Å²) in [5.41, 5.74) is 3.75. The Hall–Kier alpha value is -4.05. The van der Waals surface area contributed by atoms with Crippen LogP contribution in [0.5, 0.6) is 5.75 Å². The van der Waals surface area contributed by atoms with E-state index in [1.54, 1.807) is 17.0 Å². The molecule has 0 aliphatic carbocycles. The average Bonchev–Trinajstić information content (AvgIpc) is 3.19. The molecule has 3 aromatic carbocycles. The summed E-state index contributed by atoms with van der Waals surface area (Å²) in [6, 6.07) is 22.8. The van der Waals surface area contributed by atoms with Gasteiger partial charge in [-0.2, -0.15) is 0 Å². The molecule has 1 aliphatic heterocycles. The van der Waals surface area contributed by atoms with Gasteiger partial charge in [-0.15, -0.1) is 13.2 Å². The van der Waals surface area contributed by atoms with Crippen LogP contribution in [0.1, 0.15) is 55.6 Å². The molecule has 0 aromatic heterocycles. The van der Waals surface area contributed by atoms with E-state index in [0.717, 1.165) is 16.7 Å². The Morgan fingerprint density at radius 1 is 0.907 bits per heavy atom. The van der Waals surface area contributed by atoms with Gasteiger partial charge in [0.05, 0.1) is 6.04 Å². The molecule has 1 N–H and O–H groups in total. The fraction of sp³-hybridized carbons (Fsp3) is 0.394. The summed E-state index contributed by atoms with van der Waals surface area (Å²) < 4.78 is 46.9. The van der Waals surface area contributed by atoms with Crippen LogP contribution in [0.25, 0.3) is 0 Å². The molecule has 1 heterocycles. The minimum atomic E-state index is -4.76. The number of alkyl carbamates (subject to hydrolysis) is 1. The van der Waals surface area contributed by atoms with Crippen LogP contribution in [0.2, 0.25) is 0 Å². The van der Waals surface area contributed by atoms with Crippen molar-refractivity contribution in [1.82, 2.24) is 15.1 Å². The molecule has 43 heavy (non-hydrogen) atoms. The third kappa shape index (κ3) is 8.73. The van der Waals surface area contributed by atoms with Crippen molar-refractivity contribution in [3.63, 3.8) is 0 Å². The summed E-state index contributed by atoms with van der Waals surface area (Å²) in [7, 11) is 1.89. The van der Waals surface area contributed by atoms with E-state index in [9.17, 15) is 22.8 Å². The van der Waals surface area contributed by atoms with E-state index in [0.29, 0.717) is 19.4 Å². The number of halogens is 3. The second-order valence-electron chi connectivity index (χ2n) is 11.7. The van der Waals surface area contributed by atoms with Gasteiger partial charge in [-0.25, -0.2) is 4.79 Å². The SMILES string of the molecule is CN1C(c2ccc(C(C)(C)C)cc2)N(CCc2ccc(OC(F)(F)F)cc2)C(=O)[C@@H]1CCNC(=O)OCc1ccccc1. The zero-order valence-electron chi connectivity index (χ0n) is 24.9.